The van der Waals surface area contributed by atoms with Crippen molar-refractivity contribution in [3.05, 3.63) is 0 Å². The lowest BCUT2D eigenvalue weighted by atomic mass is 10.9. The van der Waals surface area contributed by atoms with E-state index in [1.165, 1.54) is 12.4 Å². The monoisotopic (exact) mass is 95.0 g/mol. The van der Waals surface area contributed by atoms with Crippen LogP contribution in [-0.2, 0) is 4.79 Å². The van der Waals surface area contributed by atoms with Crippen molar-refractivity contribution in [3.8, 4) is 12.4 Å². The van der Waals surface area contributed by atoms with Gasteiger partial charge in [-0.1, -0.05) is 0 Å². The van der Waals surface area contributed by atoms with Crippen LogP contribution in [0.4, 0.5) is 0 Å². The molecule has 0 aromatic rings. The van der Waals surface area contributed by atoms with Crippen LogP contribution in [0.25, 0.3) is 0 Å². The Morgan fingerprint density at radius 2 is 1.86 bits per heavy atom. The Hall–Kier alpha value is -1.55. The largest absolute Gasteiger partial charge is 0.276 e. The summed E-state index contributed by atoms with van der Waals surface area (Å²) in [6.07, 6.45) is 2.75. The summed E-state index contributed by atoms with van der Waals surface area (Å²) in [7, 11) is 0. The molecule has 0 unspecified atom stereocenters. The first-order valence-corrected chi connectivity index (χ1v) is 1.39. The zero-order valence-corrected chi connectivity index (χ0v) is 3.33. The van der Waals surface area contributed by atoms with E-state index in [0.717, 1.165) is 0 Å². The molecule has 0 aliphatic heterocycles. The molecule has 4 nitrogen and oxygen atoms in total. The van der Waals surface area contributed by atoms with E-state index in [2.05, 4.69) is 0 Å². The second-order valence-electron chi connectivity index (χ2n) is 0.675. The molecule has 0 aliphatic rings. The molecule has 0 saturated carbocycles. The van der Waals surface area contributed by atoms with Crippen molar-refractivity contribution in [2.75, 3.05) is 0 Å². The highest BCUT2D eigenvalue weighted by Gasteiger charge is 1.88. The highest BCUT2D eigenvalue weighted by molar-refractivity contribution is 5.52. The number of carbonyl (C=O) groups is 1. The van der Waals surface area contributed by atoms with Crippen molar-refractivity contribution in [1.29, 1.82) is 10.5 Å². The van der Waals surface area contributed by atoms with E-state index in [4.69, 9.17) is 10.5 Å². The summed E-state index contributed by atoms with van der Waals surface area (Å²) in [5.74, 6) is 0. The zero-order valence-electron chi connectivity index (χ0n) is 3.33. The Balaban J connectivity index is 3.73. The third-order valence-electron chi connectivity index (χ3n) is 0.321. The molecule has 1 amide bonds. The minimum atomic E-state index is 0.139. The maximum Gasteiger partial charge on any atom is 0.236 e. The molecule has 0 rings (SSSR count). The third-order valence-corrected chi connectivity index (χ3v) is 0.321. The number of nitriles is 2. The molecule has 0 heterocycles. The van der Waals surface area contributed by atoms with Crippen molar-refractivity contribution in [2.45, 2.75) is 0 Å². The molecule has 0 fully saturated rings. The quantitative estimate of drug-likeness (QED) is 0.248. The molecule has 0 aliphatic carbocycles. The van der Waals surface area contributed by atoms with Gasteiger partial charge in [0.25, 0.3) is 0 Å². The van der Waals surface area contributed by atoms with E-state index in [1.54, 1.807) is 0 Å². The number of amides is 1. The zero-order chi connectivity index (χ0) is 5.70. The van der Waals surface area contributed by atoms with E-state index in [1.807, 2.05) is 0 Å². The van der Waals surface area contributed by atoms with E-state index in [-0.39, 0.29) is 6.41 Å². The standard InChI is InChI=1S/C3HN3O/c4-1-6(2-5)3-7/h3H. The summed E-state index contributed by atoms with van der Waals surface area (Å²) in [6.45, 7) is 0. The normalized spacial score (nSPS) is 5.43. The first-order valence-electron chi connectivity index (χ1n) is 1.39. The molecule has 0 N–H and O–H groups in total. The number of rotatable bonds is 1. The van der Waals surface area contributed by atoms with E-state index in [9.17, 15) is 4.79 Å². The SMILES string of the molecule is N#CN(C#N)C=O. The summed E-state index contributed by atoms with van der Waals surface area (Å²) >= 11 is 0. The second kappa shape index (κ2) is 2.67. The van der Waals surface area contributed by atoms with Crippen molar-refractivity contribution >= 4 is 6.41 Å². The Morgan fingerprint density at radius 3 is 1.86 bits per heavy atom. The van der Waals surface area contributed by atoms with Crippen LogP contribution in [0, 0.1) is 22.9 Å². The highest BCUT2D eigenvalue weighted by atomic mass is 16.1. The van der Waals surface area contributed by atoms with Crippen LogP contribution in [0.15, 0.2) is 0 Å². The van der Waals surface area contributed by atoms with Crippen molar-refractivity contribution < 1.29 is 4.79 Å². The fourth-order valence-electron chi connectivity index (χ4n) is 0.0695. The Kier molecular flexibility index (Phi) is 2.08. The lowest BCUT2D eigenvalue weighted by molar-refractivity contribution is -0.113. The van der Waals surface area contributed by atoms with Gasteiger partial charge in [0.15, 0.2) is 0 Å². The van der Waals surface area contributed by atoms with Crippen molar-refractivity contribution in [2.24, 2.45) is 0 Å². The molecule has 0 radical (unpaired) electrons. The molecular formula is C3HN3O. The van der Waals surface area contributed by atoms with Gasteiger partial charge in [-0.25, -0.2) is 0 Å². The van der Waals surface area contributed by atoms with Crippen LogP contribution in [0.2, 0.25) is 0 Å². The average molecular weight is 95.1 g/mol. The summed E-state index contributed by atoms with van der Waals surface area (Å²) < 4.78 is 0. The van der Waals surface area contributed by atoms with Crippen LogP contribution >= 0.6 is 0 Å². The Labute approximate surface area is 40.2 Å². The predicted molar refractivity (Wildman–Crippen MR) is 19.1 cm³/mol. The van der Waals surface area contributed by atoms with Gasteiger partial charge >= 0.3 is 0 Å². The van der Waals surface area contributed by atoms with Gasteiger partial charge in [0, 0.05) is 0 Å². The van der Waals surface area contributed by atoms with E-state index < -0.39 is 0 Å². The van der Waals surface area contributed by atoms with Gasteiger partial charge in [0.1, 0.15) is 0 Å². The smallest absolute Gasteiger partial charge is 0.236 e. The van der Waals surface area contributed by atoms with Gasteiger partial charge in [-0.3, -0.25) is 4.79 Å². The number of nitrogens with zero attached hydrogens (tertiary/aromatic N) is 3. The maximum absolute atomic E-state index is 9.45. The molecular weight excluding hydrogens is 94.1 g/mol. The van der Waals surface area contributed by atoms with Gasteiger partial charge in [0.05, 0.1) is 0 Å². The topological polar surface area (TPSA) is 67.9 Å². The molecule has 0 spiro atoms. The number of carbonyl (C=O) groups excluding carboxylic acids is 1. The minimum Gasteiger partial charge on any atom is -0.276 e. The molecule has 0 aromatic heterocycles. The van der Waals surface area contributed by atoms with Gasteiger partial charge in [0.2, 0.25) is 18.8 Å². The van der Waals surface area contributed by atoms with E-state index >= 15 is 0 Å². The average Bonchev–Trinajstić information content (AvgIpc) is 1.72. The summed E-state index contributed by atoms with van der Waals surface area (Å²) in [4.78, 5) is 9.75. The summed E-state index contributed by atoms with van der Waals surface area (Å²) in [6, 6.07) is 0. The van der Waals surface area contributed by atoms with Crippen LogP contribution in [-0.4, -0.2) is 11.3 Å². The molecule has 7 heavy (non-hydrogen) atoms. The lowest BCUT2D eigenvalue weighted by Gasteiger charge is -1.82. The highest BCUT2D eigenvalue weighted by Crippen LogP contribution is 1.66. The molecule has 0 bridgehead atoms. The van der Waals surface area contributed by atoms with Crippen LogP contribution in [0.5, 0.6) is 0 Å². The van der Waals surface area contributed by atoms with E-state index in [0.29, 0.717) is 4.90 Å². The lowest BCUT2D eigenvalue weighted by Crippen LogP contribution is -2.04. The van der Waals surface area contributed by atoms with Crippen LogP contribution in [0.3, 0.4) is 0 Å². The fourth-order valence-corrected chi connectivity index (χ4v) is 0.0695. The van der Waals surface area contributed by atoms with Gasteiger partial charge < -0.3 is 0 Å². The van der Waals surface area contributed by atoms with Crippen LogP contribution < -0.4 is 0 Å². The van der Waals surface area contributed by atoms with Crippen molar-refractivity contribution in [1.82, 2.24) is 4.90 Å². The van der Waals surface area contributed by atoms with Gasteiger partial charge in [-0.05, 0) is 0 Å². The number of hydrogen-bond donors (Lipinski definition) is 0. The Morgan fingerprint density at radius 1 is 1.43 bits per heavy atom. The fraction of sp³-hybridized carbons (Fsp3) is 0. The summed E-state index contributed by atoms with van der Waals surface area (Å²) in [5.41, 5.74) is 0. The molecule has 4 heteroatoms. The molecule has 0 saturated heterocycles. The maximum atomic E-state index is 9.45. The molecule has 34 valence electrons. The van der Waals surface area contributed by atoms with Gasteiger partial charge in [-0.2, -0.15) is 15.4 Å². The summed E-state index contributed by atoms with van der Waals surface area (Å²) in [5, 5.41) is 15.5. The minimum absolute atomic E-state index is 0.139. The number of hydrogen-bond acceptors (Lipinski definition) is 3. The first kappa shape index (κ1) is 5.45. The third kappa shape index (κ3) is 1.35. The predicted octanol–water partition coefficient (Wildman–Crippen LogP) is -0.593. The first-order chi connectivity index (χ1) is 3.35. The Bertz CT molecular complexity index is 125. The molecule has 0 atom stereocenters. The van der Waals surface area contributed by atoms with Gasteiger partial charge in [-0.15, -0.1) is 0 Å². The second-order valence-corrected chi connectivity index (χ2v) is 0.675. The van der Waals surface area contributed by atoms with Crippen molar-refractivity contribution in [3.63, 3.8) is 0 Å². The molecule has 0 aromatic carbocycles. The van der Waals surface area contributed by atoms with Crippen LogP contribution in [0.1, 0.15) is 0 Å².